The number of nitrogens with zero attached hydrogens (tertiary/aromatic N) is 6. The first-order valence-corrected chi connectivity index (χ1v) is 15.6. The number of anilines is 1. The summed E-state index contributed by atoms with van der Waals surface area (Å²) in [4.78, 5) is 36.3. The van der Waals surface area contributed by atoms with Gasteiger partial charge in [-0.1, -0.05) is 12.1 Å². The fourth-order valence-corrected chi connectivity index (χ4v) is 5.92. The van der Waals surface area contributed by atoms with Crippen LogP contribution in [0.3, 0.4) is 0 Å². The Morgan fingerprint density at radius 2 is 1.65 bits per heavy atom. The number of carbonyl (C=O) groups excluding carboxylic acids is 2. The van der Waals surface area contributed by atoms with E-state index >= 15 is 0 Å². The summed E-state index contributed by atoms with van der Waals surface area (Å²) in [5, 5.41) is 9.90. The molecule has 0 saturated carbocycles. The molecule has 1 aliphatic heterocycles. The van der Waals surface area contributed by atoms with Crippen molar-refractivity contribution in [3.05, 3.63) is 119 Å². The van der Waals surface area contributed by atoms with Gasteiger partial charge in [-0.3, -0.25) is 14.5 Å². The third-order valence-corrected chi connectivity index (χ3v) is 8.90. The van der Waals surface area contributed by atoms with Crippen LogP contribution in [0.2, 0.25) is 0 Å². The number of benzene rings is 3. The number of hydrogen-bond donors (Lipinski definition) is 0. The van der Waals surface area contributed by atoms with Crippen molar-refractivity contribution < 1.29 is 27.5 Å². The molecule has 49 heavy (non-hydrogen) atoms. The largest absolute Gasteiger partial charge is 0.439 e. The van der Waals surface area contributed by atoms with Crippen molar-refractivity contribution in [3.63, 3.8) is 0 Å². The van der Waals surface area contributed by atoms with E-state index in [1.165, 1.54) is 18.1 Å². The Labute approximate surface area is 281 Å². The number of pyridine rings is 1. The van der Waals surface area contributed by atoms with Gasteiger partial charge < -0.3 is 19.1 Å². The standard InChI is InChI=1S/C37H33F3N6O3/c1-24-30-20-32(36(48)46-18-16-45(17-19-46)23-26-6-4-25(21-41)5-7-26)44(3)31(30)13-14-33(24)49-34-15-12-29(22-42-34)43(2)35(47)27-8-10-28(11-9-27)37(38,39)40/h4-15,20,22H,16-19,23H2,1-3H3. The van der Waals surface area contributed by atoms with Crippen LogP contribution in [0, 0.1) is 18.3 Å². The summed E-state index contributed by atoms with van der Waals surface area (Å²) in [6.45, 7) is 5.39. The van der Waals surface area contributed by atoms with Crippen LogP contribution in [-0.4, -0.2) is 64.4 Å². The Kier molecular flexibility index (Phi) is 9.12. The number of carbonyl (C=O) groups is 2. The Balaban J connectivity index is 1.10. The molecule has 0 atom stereocenters. The maximum atomic E-state index is 13.6. The predicted octanol–water partition coefficient (Wildman–Crippen LogP) is 6.80. The predicted molar refractivity (Wildman–Crippen MR) is 178 cm³/mol. The number of rotatable bonds is 7. The van der Waals surface area contributed by atoms with E-state index < -0.39 is 17.6 Å². The molecule has 1 aliphatic rings. The minimum atomic E-state index is -4.48. The van der Waals surface area contributed by atoms with Gasteiger partial charge in [-0.2, -0.15) is 18.4 Å². The van der Waals surface area contributed by atoms with E-state index in [9.17, 15) is 22.8 Å². The van der Waals surface area contributed by atoms with Gasteiger partial charge >= 0.3 is 6.18 Å². The molecule has 12 heteroatoms. The first-order chi connectivity index (χ1) is 23.4. The van der Waals surface area contributed by atoms with Gasteiger partial charge in [0, 0.05) is 74.9 Å². The molecule has 0 radical (unpaired) electrons. The summed E-state index contributed by atoms with van der Waals surface area (Å²) in [5.74, 6) is 0.325. The number of halogens is 3. The summed E-state index contributed by atoms with van der Waals surface area (Å²) in [7, 11) is 3.39. The molecular formula is C37H33F3N6O3. The van der Waals surface area contributed by atoms with Gasteiger partial charge in [0.25, 0.3) is 11.8 Å². The van der Waals surface area contributed by atoms with E-state index in [-0.39, 0.29) is 17.4 Å². The van der Waals surface area contributed by atoms with Crippen LogP contribution in [0.5, 0.6) is 11.6 Å². The molecular weight excluding hydrogens is 633 g/mol. The fourth-order valence-electron chi connectivity index (χ4n) is 5.92. The number of alkyl halides is 3. The van der Waals surface area contributed by atoms with Gasteiger partial charge in [0.15, 0.2) is 0 Å². The summed E-state index contributed by atoms with van der Waals surface area (Å²) in [6, 6.07) is 22.6. The van der Waals surface area contributed by atoms with Crippen LogP contribution in [0.1, 0.15) is 43.1 Å². The quantitative estimate of drug-likeness (QED) is 0.190. The van der Waals surface area contributed by atoms with E-state index in [2.05, 4.69) is 16.0 Å². The maximum absolute atomic E-state index is 13.6. The van der Waals surface area contributed by atoms with Crippen molar-refractivity contribution in [3.8, 4) is 17.7 Å². The Hall–Kier alpha value is -5.67. The van der Waals surface area contributed by atoms with Crippen molar-refractivity contribution in [1.29, 1.82) is 5.26 Å². The first-order valence-electron chi connectivity index (χ1n) is 15.6. The molecule has 3 aromatic carbocycles. The minimum Gasteiger partial charge on any atom is -0.439 e. The molecule has 1 fully saturated rings. The number of aryl methyl sites for hydroxylation is 2. The molecule has 6 rings (SSSR count). The number of ether oxygens (including phenoxy) is 1. The van der Waals surface area contributed by atoms with Crippen molar-refractivity contribution in [2.45, 2.75) is 19.6 Å². The highest BCUT2D eigenvalue weighted by Crippen LogP contribution is 2.33. The van der Waals surface area contributed by atoms with Crippen molar-refractivity contribution in [1.82, 2.24) is 19.4 Å². The molecule has 0 spiro atoms. The van der Waals surface area contributed by atoms with Gasteiger partial charge in [-0.05, 0) is 73.2 Å². The zero-order valence-electron chi connectivity index (χ0n) is 27.2. The molecule has 0 aliphatic carbocycles. The van der Waals surface area contributed by atoms with Crippen LogP contribution in [0.25, 0.3) is 10.9 Å². The van der Waals surface area contributed by atoms with Gasteiger partial charge in [-0.15, -0.1) is 0 Å². The number of aromatic nitrogens is 2. The van der Waals surface area contributed by atoms with Crippen LogP contribution >= 0.6 is 0 Å². The number of nitriles is 1. The second-order valence-corrected chi connectivity index (χ2v) is 12.0. The van der Waals surface area contributed by atoms with E-state index in [4.69, 9.17) is 10.00 Å². The monoisotopic (exact) mass is 666 g/mol. The van der Waals surface area contributed by atoms with Crippen molar-refractivity contribution in [2.24, 2.45) is 7.05 Å². The average molecular weight is 667 g/mol. The molecule has 9 nitrogen and oxygen atoms in total. The third-order valence-electron chi connectivity index (χ3n) is 8.90. The van der Waals surface area contributed by atoms with Crippen LogP contribution in [0.4, 0.5) is 18.9 Å². The molecule has 0 N–H and O–H groups in total. The van der Waals surface area contributed by atoms with Gasteiger partial charge in [-0.25, -0.2) is 4.98 Å². The lowest BCUT2D eigenvalue weighted by Crippen LogP contribution is -2.48. The molecule has 0 unspecified atom stereocenters. The molecule has 1 saturated heterocycles. The number of fused-ring (bicyclic) bond motifs is 1. The van der Waals surface area contributed by atoms with Crippen LogP contribution in [-0.2, 0) is 19.8 Å². The van der Waals surface area contributed by atoms with Crippen molar-refractivity contribution in [2.75, 3.05) is 38.1 Å². The van der Waals surface area contributed by atoms with E-state index in [1.54, 1.807) is 12.1 Å². The molecule has 2 amide bonds. The summed E-state index contributed by atoms with van der Waals surface area (Å²) in [6.07, 6.45) is -3.03. The van der Waals surface area contributed by atoms with Gasteiger partial charge in [0.05, 0.1) is 29.1 Å². The highest BCUT2D eigenvalue weighted by Gasteiger charge is 2.30. The Morgan fingerprint density at radius 3 is 2.27 bits per heavy atom. The smallest absolute Gasteiger partial charge is 0.416 e. The normalized spacial score (nSPS) is 13.7. The highest BCUT2D eigenvalue weighted by molar-refractivity contribution is 6.05. The second-order valence-electron chi connectivity index (χ2n) is 12.0. The SMILES string of the molecule is Cc1c(Oc2ccc(N(C)C(=O)c3ccc(C(F)(F)F)cc3)cn2)ccc2c1cc(C(=O)N1CCN(Cc3ccc(C#N)cc3)CC1)n2C. The number of piperazine rings is 1. The number of amides is 2. The summed E-state index contributed by atoms with van der Waals surface area (Å²) >= 11 is 0. The molecule has 250 valence electrons. The zero-order chi connectivity index (χ0) is 34.9. The zero-order valence-corrected chi connectivity index (χ0v) is 27.2. The van der Waals surface area contributed by atoms with Crippen molar-refractivity contribution >= 4 is 28.4 Å². The average Bonchev–Trinajstić information content (AvgIpc) is 3.45. The Bertz CT molecular complexity index is 2040. The first kappa shape index (κ1) is 33.2. The molecule has 5 aromatic rings. The minimum absolute atomic E-state index is 0.0363. The third kappa shape index (κ3) is 6.98. The Morgan fingerprint density at radius 1 is 0.959 bits per heavy atom. The lowest BCUT2D eigenvalue weighted by atomic mass is 10.1. The topological polar surface area (TPSA) is 94.7 Å². The lowest BCUT2D eigenvalue weighted by molar-refractivity contribution is -0.137. The van der Waals surface area contributed by atoms with E-state index in [1.807, 2.05) is 65.9 Å². The molecule has 3 heterocycles. The number of hydrogen-bond acceptors (Lipinski definition) is 6. The fraction of sp³-hybridized carbons (Fsp3) is 0.243. The van der Waals surface area contributed by atoms with E-state index in [0.29, 0.717) is 35.8 Å². The molecule has 0 bridgehead atoms. The summed E-state index contributed by atoms with van der Waals surface area (Å²) in [5.41, 5.74) is 3.79. The van der Waals surface area contributed by atoms with Crippen LogP contribution < -0.4 is 9.64 Å². The lowest BCUT2D eigenvalue weighted by Gasteiger charge is -2.34. The van der Waals surface area contributed by atoms with Gasteiger partial charge in [0.1, 0.15) is 11.4 Å². The van der Waals surface area contributed by atoms with Gasteiger partial charge in [0.2, 0.25) is 5.88 Å². The maximum Gasteiger partial charge on any atom is 0.416 e. The van der Waals surface area contributed by atoms with E-state index in [0.717, 1.165) is 65.9 Å². The summed E-state index contributed by atoms with van der Waals surface area (Å²) < 4.78 is 46.7. The highest BCUT2D eigenvalue weighted by atomic mass is 19.4. The molecule has 2 aromatic heterocycles. The van der Waals surface area contributed by atoms with Crippen LogP contribution in [0.15, 0.2) is 85.1 Å². The second kappa shape index (κ2) is 13.4.